The van der Waals surface area contributed by atoms with Crippen molar-refractivity contribution in [1.29, 1.82) is 0 Å². The molecule has 0 bridgehead atoms. The van der Waals surface area contributed by atoms with Crippen LogP contribution in [0.3, 0.4) is 0 Å². The molecule has 0 aliphatic carbocycles. The molecule has 0 unspecified atom stereocenters. The molecule has 2 heterocycles. The number of hydrogen-bond acceptors (Lipinski definition) is 4. The number of carbonyl (C=O) groups is 2. The largest absolute Gasteiger partial charge is 0.345 e. The number of halogens is 1. The first-order valence-electron chi connectivity index (χ1n) is 10.8. The van der Waals surface area contributed by atoms with Crippen molar-refractivity contribution in [2.45, 2.75) is 6.92 Å². The molecule has 0 radical (unpaired) electrons. The van der Waals surface area contributed by atoms with Gasteiger partial charge in [-0.2, -0.15) is 0 Å². The summed E-state index contributed by atoms with van der Waals surface area (Å²) in [6.07, 6.45) is 3.50. The van der Waals surface area contributed by atoms with Crippen molar-refractivity contribution in [1.82, 2.24) is 14.8 Å². The van der Waals surface area contributed by atoms with Gasteiger partial charge in [-0.1, -0.05) is 17.7 Å². The topological polar surface area (TPSA) is 68.8 Å². The van der Waals surface area contributed by atoms with E-state index in [1.165, 1.54) is 0 Å². The van der Waals surface area contributed by atoms with Gasteiger partial charge in [0.15, 0.2) is 0 Å². The summed E-state index contributed by atoms with van der Waals surface area (Å²) in [5.41, 5.74) is 4.25. The maximum absolute atomic E-state index is 13.0. The third-order valence-electron chi connectivity index (χ3n) is 5.83. The summed E-state index contributed by atoms with van der Waals surface area (Å²) >= 11 is 6.14. The maximum atomic E-state index is 13.0. The number of nitrogens with one attached hydrogen (secondary N) is 1. The molecule has 1 N–H and O–H groups in total. The number of piperazine rings is 1. The molecule has 170 valence electrons. The maximum Gasteiger partial charge on any atom is 0.321 e. The average molecular weight is 464 g/mol. The monoisotopic (exact) mass is 463 g/mol. The first-order chi connectivity index (χ1) is 15.9. The van der Waals surface area contributed by atoms with Gasteiger partial charge in [0, 0.05) is 73.3 Å². The minimum Gasteiger partial charge on any atom is -0.345 e. The number of aryl methyl sites for hydroxylation is 1. The molecular weight excluding hydrogens is 438 g/mol. The lowest BCUT2D eigenvalue weighted by Gasteiger charge is -2.34. The lowest BCUT2D eigenvalue weighted by Crippen LogP contribution is -2.51. The van der Waals surface area contributed by atoms with Crippen LogP contribution in [0.25, 0.3) is 0 Å². The molecule has 1 aliphatic heterocycles. The van der Waals surface area contributed by atoms with Gasteiger partial charge in [-0.05, 0) is 61.0 Å². The Balaban J connectivity index is 1.32. The Hall–Kier alpha value is -3.58. The SMILES string of the molecule is Cc1ccc(NC(=O)N2CCN(C(=O)c3ccc(N(C)c4ccncc4)cc3)CC2)cc1Cl. The number of urea groups is 1. The second kappa shape index (κ2) is 9.92. The zero-order chi connectivity index (χ0) is 23.4. The molecule has 0 spiro atoms. The van der Waals surface area contributed by atoms with Gasteiger partial charge in [-0.15, -0.1) is 0 Å². The van der Waals surface area contributed by atoms with Crippen molar-refractivity contribution < 1.29 is 9.59 Å². The van der Waals surface area contributed by atoms with Crippen LogP contribution in [-0.4, -0.2) is 59.9 Å². The number of benzene rings is 2. The van der Waals surface area contributed by atoms with Crippen LogP contribution < -0.4 is 10.2 Å². The molecule has 1 fully saturated rings. The molecule has 3 amide bonds. The van der Waals surface area contributed by atoms with E-state index in [2.05, 4.69) is 10.3 Å². The zero-order valence-electron chi connectivity index (χ0n) is 18.7. The van der Waals surface area contributed by atoms with Crippen LogP contribution in [0.2, 0.25) is 5.02 Å². The Morgan fingerprint density at radius 3 is 2.15 bits per heavy atom. The van der Waals surface area contributed by atoms with Gasteiger partial charge in [0.25, 0.3) is 5.91 Å². The normalized spacial score (nSPS) is 13.5. The molecule has 0 atom stereocenters. The highest BCUT2D eigenvalue weighted by atomic mass is 35.5. The van der Waals surface area contributed by atoms with Gasteiger partial charge in [0.2, 0.25) is 0 Å². The summed E-state index contributed by atoms with van der Waals surface area (Å²) < 4.78 is 0. The van der Waals surface area contributed by atoms with Crippen LogP contribution in [0.4, 0.5) is 21.9 Å². The molecule has 33 heavy (non-hydrogen) atoms. The van der Waals surface area contributed by atoms with Crippen molar-refractivity contribution in [3.8, 4) is 0 Å². The summed E-state index contributed by atoms with van der Waals surface area (Å²) in [5.74, 6) is -0.0292. The first-order valence-corrected chi connectivity index (χ1v) is 11.2. The fraction of sp³-hybridized carbons (Fsp3) is 0.240. The van der Waals surface area contributed by atoms with E-state index < -0.39 is 0 Å². The van der Waals surface area contributed by atoms with Gasteiger partial charge in [0.05, 0.1) is 0 Å². The van der Waals surface area contributed by atoms with Crippen molar-refractivity contribution in [3.63, 3.8) is 0 Å². The Morgan fingerprint density at radius 1 is 0.909 bits per heavy atom. The minimum absolute atomic E-state index is 0.0292. The van der Waals surface area contributed by atoms with Crippen LogP contribution in [-0.2, 0) is 0 Å². The number of pyridine rings is 1. The molecule has 1 aromatic heterocycles. The van der Waals surface area contributed by atoms with Gasteiger partial charge in [-0.25, -0.2) is 4.79 Å². The van der Waals surface area contributed by atoms with Crippen LogP contribution >= 0.6 is 11.6 Å². The molecule has 2 aromatic carbocycles. The first kappa shape index (κ1) is 22.6. The van der Waals surface area contributed by atoms with E-state index >= 15 is 0 Å². The third-order valence-corrected chi connectivity index (χ3v) is 6.24. The molecular formula is C25H26ClN5O2. The van der Waals surface area contributed by atoms with Crippen LogP contribution in [0.1, 0.15) is 15.9 Å². The smallest absolute Gasteiger partial charge is 0.321 e. The van der Waals surface area contributed by atoms with Crippen molar-refractivity contribution in [3.05, 3.63) is 83.1 Å². The van der Waals surface area contributed by atoms with Crippen LogP contribution in [0, 0.1) is 6.92 Å². The molecule has 1 saturated heterocycles. The van der Waals surface area contributed by atoms with Crippen molar-refractivity contribution in [2.75, 3.05) is 43.4 Å². The fourth-order valence-electron chi connectivity index (χ4n) is 3.71. The Bertz CT molecular complexity index is 1130. The molecule has 1 aliphatic rings. The number of carbonyl (C=O) groups excluding carboxylic acids is 2. The third kappa shape index (κ3) is 5.26. The second-order valence-electron chi connectivity index (χ2n) is 7.98. The molecule has 7 nitrogen and oxygen atoms in total. The molecule has 3 aromatic rings. The summed E-state index contributed by atoms with van der Waals surface area (Å²) in [6.45, 7) is 3.83. The van der Waals surface area contributed by atoms with Crippen molar-refractivity contribution in [2.24, 2.45) is 0 Å². The number of anilines is 3. The zero-order valence-corrected chi connectivity index (χ0v) is 19.4. The van der Waals surface area contributed by atoms with E-state index in [0.29, 0.717) is 42.5 Å². The Morgan fingerprint density at radius 2 is 1.52 bits per heavy atom. The van der Waals surface area contributed by atoms with E-state index in [4.69, 9.17) is 11.6 Å². The summed E-state index contributed by atoms with van der Waals surface area (Å²) in [5, 5.41) is 3.49. The Labute approximate surface area is 198 Å². The van der Waals surface area contributed by atoms with E-state index in [1.54, 1.807) is 28.3 Å². The summed E-state index contributed by atoms with van der Waals surface area (Å²) in [6, 6.07) is 16.7. The molecule has 8 heteroatoms. The van der Waals surface area contributed by atoms with Gasteiger partial charge < -0.3 is 20.0 Å². The predicted molar refractivity (Wildman–Crippen MR) is 131 cm³/mol. The van der Waals surface area contributed by atoms with Crippen LogP contribution in [0.15, 0.2) is 67.0 Å². The van der Waals surface area contributed by atoms with Crippen LogP contribution in [0.5, 0.6) is 0 Å². The number of aromatic nitrogens is 1. The number of rotatable bonds is 4. The van der Waals surface area contributed by atoms with E-state index in [1.807, 2.05) is 67.4 Å². The predicted octanol–water partition coefficient (Wildman–Crippen LogP) is 4.80. The highest BCUT2D eigenvalue weighted by Gasteiger charge is 2.25. The average Bonchev–Trinajstić information content (AvgIpc) is 2.86. The lowest BCUT2D eigenvalue weighted by atomic mass is 10.1. The molecule has 0 saturated carbocycles. The second-order valence-corrected chi connectivity index (χ2v) is 8.39. The fourth-order valence-corrected chi connectivity index (χ4v) is 3.89. The van der Waals surface area contributed by atoms with E-state index in [-0.39, 0.29) is 11.9 Å². The van der Waals surface area contributed by atoms with Gasteiger partial charge in [0.1, 0.15) is 0 Å². The molecule has 4 rings (SSSR count). The highest BCUT2D eigenvalue weighted by molar-refractivity contribution is 6.31. The van der Waals surface area contributed by atoms with E-state index in [9.17, 15) is 9.59 Å². The lowest BCUT2D eigenvalue weighted by molar-refractivity contribution is 0.0671. The number of hydrogen-bond donors (Lipinski definition) is 1. The highest BCUT2D eigenvalue weighted by Crippen LogP contribution is 2.24. The van der Waals surface area contributed by atoms with Crippen molar-refractivity contribution >= 4 is 40.6 Å². The summed E-state index contributed by atoms with van der Waals surface area (Å²) in [4.78, 5) is 35.1. The Kier molecular flexibility index (Phi) is 6.79. The number of nitrogens with zero attached hydrogens (tertiary/aromatic N) is 4. The quantitative estimate of drug-likeness (QED) is 0.603. The van der Waals surface area contributed by atoms with Gasteiger partial charge >= 0.3 is 6.03 Å². The number of amides is 3. The van der Waals surface area contributed by atoms with E-state index in [0.717, 1.165) is 16.9 Å². The summed E-state index contributed by atoms with van der Waals surface area (Å²) in [7, 11) is 1.97. The minimum atomic E-state index is -0.189. The standard InChI is InChI=1S/C25H26ClN5O2/c1-18-3-6-20(17-23(18)26)28-25(33)31-15-13-30(14-16-31)24(32)19-4-7-21(8-5-19)29(2)22-9-11-27-12-10-22/h3-12,17H,13-16H2,1-2H3,(H,28,33). The van der Waals surface area contributed by atoms with Gasteiger partial charge in [-0.3, -0.25) is 9.78 Å².